The van der Waals surface area contributed by atoms with E-state index < -0.39 is 0 Å². The molecule has 0 radical (unpaired) electrons. The summed E-state index contributed by atoms with van der Waals surface area (Å²) in [6.45, 7) is 3.94. The molecular weight excluding hydrogens is 224 g/mol. The zero-order valence-corrected chi connectivity index (χ0v) is 10.3. The van der Waals surface area contributed by atoms with Gasteiger partial charge < -0.3 is 15.2 Å². The van der Waals surface area contributed by atoms with Crippen LogP contribution in [0.4, 0.5) is 5.13 Å². The van der Waals surface area contributed by atoms with Crippen LogP contribution in [-0.4, -0.2) is 18.2 Å². The maximum atomic E-state index is 5.66. The third-order valence-corrected chi connectivity index (χ3v) is 2.90. The molecule has 86 valence electrons. The van der Waals surface area contributed by atoms with E-state index >= 15 is 0 Å². The predicted octanol–water partition coefficient (Wildman–Crippen LogP) is 2.67. The summed E-state index contributed by atoms with van der Waals surface area (Å²) >= 11 is 1.44. The number of rotatable bonds is 3. The first kappa shape index (κ1) is 11.0. The molecule has 0 atom stereocenters. The third kappa shape index (κ3) is 2.04. The molecule has 0 saturated carbocycles. The van der Waals surface area contributed by atoms with Gasteiger partial charge in [0.15, 0.2) is 16.6 Å². The Morgan fingerprint density at radius 3 is 2.69 bits per heavy atom. The summed E-state index contributed by atoms with van der Waals surface area (Å²) in [4.78, 5) is 4.22. The normalized spacial score (nSPS) is 11.0. The van der Waals surface area contributed by atoms with E-state index in [1.54, 1.807) is 7.11 Å². The molecule has 0 aliphatic rings. The number of nitrogens with zero attached hydrogens (tertiary/aromatic N) is 1. The molecule has 5 heteroatoms. The standard InChI is InChI=1S/C11H14N2O2S/c1-6(2)15-9-4-7-10(5-8(9)14-3)16-11(12)13-7/h4-6H,1-3H3,(H2,12,13). The van der Waals surface area contributed by atoms with Crippen LogP contribution in [0.5, 0.6) is 11.5 Å². The van der Waals surface area contributed by atoms with Crippen molar-refractivity contribution in [2.24, 2.45) is 0 Å². The van der Waals surface area contributed by atoms with Crippen molar-refractivity contribution < 1.29 is 9.47 Å². The number of methoxy groups -OCH3 is 1. The number of nitrogens with two attached hydrogens (primary N) is 1. The number of ether oxygens (including phenoxy) is 2. The van der Waals surface area contributed by atoms with Gasteiger partial charge in [0.1, 0.15) is 0 Å². The van der Waals surface area contributed by atoms with Gasteiger partial charge in [0.25, 0.3) is 0 Å². The average Bonchev–Trinajstić information content (AvgIpc) is 2.55. The second-order valence-corrected chi connectivity index (χ2v) is 4.75. The minimum absolute atomic E-state index is 0.0994. The lowest BCUT2D eigenvalue weighted by Crippen LogP contribution is -2.06. The van der Waals surface area contributed by atoms with Crippen LogP contribution in [0.1, 0.15) is 13.8 Å². The smallest absolute Gasteiger partial charge is 0.181 e. The molecule has 2 N–H and O–H groups in total. The van der Waals surface area contributed by atoms with Gasteiger partial charge in [-0.15, -0.1) is 0 Å². The van der Waals surface area contributed by atoms with Crippen LogP contribution in [0.25, 0.3) is 10.2 Å². The molecule has 0 aliphatic carbocycles. The van der Waals surface area contributed by atoms with Gasteiger partial charge in [-0.3, -0.25) is 0 Å². The number of nitrogen functional groups attached to an aromatic ring is 1. The lowest BCUT2D eigenvalue weighted by molar-refractivity contribution is 0.230. The maximum absolute atomic E-state index is 5.66. The topological polar surface area (TPSA) is 57.4 Å². The van der Waals surface area contributed by atoms with Crippen LogP contribution in [0.3, 0.4) is 0 Å². The molecule has 0 bridgehead atoms. The summed E-state index contributed by atoms with van der Waals surface area (Å²) in [7, 11) is 1.62. The van der Waals surface area contributed by atoms with Crippen molar-refractivity contribution in [3.05, 3.63) is 12.1 Å². The largest absolute Gasteiger partial charge is 0.493 e. The Hall–Kier alpha value is -1.49. The Labute approximate surface area is 98.0 Å². The van der Waals surface area contributed by atoms with E-state index in [0.717, 1.165) is 10.2 Å². The molecule has 1 heterocycles. The fourth-order valence-electron chi connectivity index (χ4n) is 1.46. The number of anilines is 1. The minimum Gasteiger partial charge on any atom is -0.493 e. The Bertz CT molecular complexity index is 508. The Morgan fingerprint density at radius 2 is 2.06 bits per heavy atom. The van der Waals surface area contributed by atoms with Crippen LogP contribution < -0.4 is 15.2 Å². The number of thiazole rings is 1. The number of hydrogen-bond acceptors (Lipinski definition) is 5. The van der Waals surface area contributed by atoms with Crippen LogP contribution >= 0.6 is 11.3 Å². The molecule has 0 amide bonds. The minimum atomic E-state index is 0.0994. The van der Waals surface area contributed by atoms with Crippen molar-refractivity contribution in [3.8, 4) is 11.5 Å². The van der Waals surface area contributed by atoms with Gasteiger partial charge in [-0.2, -0.15) is 0 Å². The van der Waals surface area contributed by atoms with Crippen LogP contribution in [0.15, 0.2) is 12.1 Å². The number of aromatic nitrogens is 1. The summed E-state index contributed by atoms with van der Waals surface area (Å²) in [5.74, 6) is 1.42. The Morgan fingerprint density at radius 1 is 1.31 bits per heavy atom. The molecule has 0 saturated heterocycles. The Kier molecular flexibility index (Phi) is 2.87. The summed E-state index contributed by atoms with van der Waals surface area (Å²) in [6.07, 6.45) is 0.0994. The van der Waals surface area contributed by atoms with Crippen molar-refractivity contribution >= 4 is 26.7 Å². The van der Waals surface area contributed by atoms with Crippen LogP contribution in [0.2, 0.25) is 0 Å². The lowest BCUT2D eigenvalue weighted by Gasteiger charge is -2.13. The SMILES string of the molecule is COc1cc2sc(N)nc2cc1OC(C)C. The third-order valence-electron chi connectivity index (χ3n) is 2.05. The van der Waals surface area contributed by atoms with E-state index in [4.69, 9.17) is 15.2 Å². The number of fused-ring (bicyclic) bond motifs is 1. The zero-order valence-electron chi connectivity index (χ0n) is 9.48. The quantitative estimate of drug-likeness (QED) is 0.893. The summed E-state index contributed by atoms with van der Waals surface area (Å²) in [5.41, 5.74) is 6.51. The maximum Gasteiger partial charge on any atom is 0.181 e. The molecule has 0 spiro atoms. The molecule has 16 heavy (non-hydrogen) atoms. The molecule has 1 aromatic heterocycles. The van der Waals surface area contributed by atoms with Crippen LogP contribution in [-0.2, 0) is 0 Å². The summed E-state index contributed by atoms with van der Waals surface area (Å²) in [5, 5.41) is 0.554. The van der Waals surface area contributed by atoms with Gasteiger partial charge >= 0.3 is 0 Å². The van der Waals surface area contributed by atoms with Crippen molar-refractivity contribution in [1.29, 1.82) is 0 Å². The van der Waals surface area contributed by atoms with Gasteiger partial charge in [0, 0.05) is 12.1 Å². The molecule has 2 rings (SSSR count). The highest BCUT2D eigenvalue weighted by Crippen LogP contribution is 2.35. The van der Waals surface area contributed by atoms with Gasteiger partial charge in [-0.05, 0) is 13.8 Å². The molecular formula is C11H14N2O2S. The number of hydrogen-bond donors (Lipinski definition) is 1. The summed E-state index contributed by atoms with van der Waals surface area (Å²) < 4.78 is 11.9. The van der Waals surface area contributed by atoms with Gasteiger partial charge in [0.2, 0.25) is 0 Å². The first-order valence-corrected chi connectivity index (χ1v) is 5.82. The monoisotopic (exact) mass is 238 g/mol. The summed E-state index contributed by atoms with van der Waals surface area (Å²) in [6, 6.07) is 3.77. The molecule has 4 nitrogen and oxygen atoms in total. The molecule has 0 fully saturated rings. The van der Waals surface area contributed by atoms with E-state index in [1.165, 1.54) is 11.3 Å². The lowest BCUT2D eigenvalue weighted by atomic mass is 10.3. The molecule has 0 unspecified atom stereocenters. The highest BCUT2D eigenvalue weighted by Gasteiger charge is 2.11. The van der Waals surface area contributed by atoms with E-state index in [0.29, 0.717) is 16.6 Å². The van der Waals surface area contributed by atoms with Gasteiger partial charge in [-0.1, -0.05) is 11.3 Å². The average molecular weight is 238 g/mol. The zero-order chi connectivity index (χ0) is 11.7. The van der Waals surface area contributed by atoms with Crippen molar-refractivity contribution in [1.82, 2.24) is 4.98 Å². The predicted molar refractivity (Wildman–Crippen MR) is 66.3 cm³/mol. The second kappa shape index (κ2) is 4.17. The van der Waals surface area contributed by atoms with Crippen molar-refractivity contribution in [2.45, 2.75) is 20.0 Å². The van der Waals surface area contributed by atoms with Gasteiger partial charge in [0.05, 0.1) is 23.4 Å². The van der Waals surface area contributed by atoms with Gasteiger partial charge in [-0.25, -0.2) is 4.98 Å². The van der Waals surface area contributed by atoms with Crippen molar-refractivity contribution in [3.63, 3.8) is 0 Å². The highest BCUT2D eigenvalue weighted by molar-refractivity contribution is 7.22. The van der Waals surface area contributed by atoms with E-state index in [9.17, 15) is 0 Å². The van der Waals surface area contributed by atoms with Crippen LogP contribution in [0, 0.1) is 0 Å². The number of benzene rings is 1. The first-order chi connectivity index (χ1) is 7.60. The van der Waals surface area contributed by atoms with E-state index in [-0.39, 0.29) is 6.10 Å². The van der Waals surface area contributed by atoms with E-state index in [2.05, 4.69) is 4.98 Å². The molecule has 1 aromatic carbocycles. The van der Waals surface area contributed by atoms with E-state index in [1.807, 2.05) is 26.0 Å². The molecule has 0 aliphatic heterocycles. The molecule has 2 aromatic rings. The fraction of sp³-hybridized carbons (Fsp3) is 0.364. The second-order valence-electron chi connectivity index (χ2n) is 3.69. The highest BCUT2D eigenvalue weighted by atomic mass is 32.1. The fourth-order valence-corrected chi connectivity index (χ4v) is 2.20. The first-order valence-electron chi connectivity index (χ1n) is 5.01. The van der Waals surface area contributed by atoms with Crippen molar-refractivity contribution in [2.75, 3.05) is 12.8 Å². The Balaban J connectivity index is 2.53.